The fourth-order valence-corrected chi connectivity index (χ4v) is 10.3. The minimum atomic E-state index is -0.368. The third-order valence-electron chi connectivity index (χ3n) is 15.6. The zero-order valence-corrected chi connectivity index (χ0v) is 56.1. The maximum atomic E-state index is 12.6. The van der Waals surface area contributed by atoms with E-state index in [9.17, 15) is 28.8 Å². The Morgan fingerprint density at radius 2 is 0.930 bits per heavy atom. The van der Waals surface area contributed by atoms with E-state index in [1.807, 2.05) is 20.8 Å². The molecule has 2 aliphatic rings. The molecule has 2 saturated carbocycles. The summed E-state index contributed by atoms with van der Waals surface area (Å²) in [7, 11) is 0. The van der Waals surface area contributed by atoms with Gasteiger partial charge in [0.2, 0.25) is 0 Å². The summed E-state index contributed by atoms with van der Waals surface area (Å²) < 4.78 is 22.1. The quantitative estimate of drug-likeness (QED) is 0.0109. The summed E-state index contributed by atoms with van der Waals surface area (Å²) in [4.78, 5) is 74.3. The van der Waals surface area contributed by atoms with Crippen LogP contribution < -0.4 is 0 Å². The molecule has 4 atom stereocenters. The van der Waals surface area contributed by atoms with Gasteiger partial charge in [0, 0.05) is 25.2 Å². The van der Waals surface area contributed by atoms with E-state index in [0.717, 1.165) is 50.9 Å². The summed E-state index contributed by atoms with van der Waals surface area (Å²) in [5.41, 5.74) is 2.80. The number of carbonyl (C=O) groups is 6. The first kappa shape index (κ1) is 90.7. The van der Waals surface area contributed by atoms with Crippen molar-refractivity contribution in [2.75, 3.05) is 39.5 Å². The van der Waals surface area contributed by atoms with E-state index in [-0.39, 0.29) is 106 Å². The second kappa shape index (κ2) is 68.4. The standard InChI is InChI=1S/C28H44O6.C26H45NO4.C9H20.C8H16.C2H6.2CH4/c1-5-8-9-10-11-12-17-33-27(31)16-13-22(19-23(29)6-2)20-28(32)34-24-14-15-25(21(4)18-24)26(30)7-3;1-5-9-11-13-15-17-19-30-25(8-4)22-27(21-24(28)7-3)23-26(29)31-20-18-16-14-12-10-6-2;1-3-5-7-9-8-6-4-2;1-8-6-4-2-3-5-7-8;1-2;;/h6-7,21-22,24-25H,2-3,5,8-20H2,1,4H3;7H,3-6,9-23H2,1-2H3;3-9H2,1-2H3;8H,2-7H2,1H3;1-2H3;2*1H4/t21?,22?,24-,25?;;;;;;/m1....../s1. The Morgan fingerprint density at radius 3 is 1.35 bits per heavy atom. The minimum Gasteiger partial charge on any atom is -0.489 e. The molecule has 0 aliphatic heterocycles. The van der Waals surface area contributed by atoms with Gasteiger partial charge in [-0.2, -0.15) is 0 Å². The van der Waals surface area contributed by atoms with Crippen molar-refractivity contribution in [2.24, 2.45) is 23.7 Å². The van der Waals surface area contributed by atoms with E-state index in [1.165, 1.54) is 172 Å². The summed E-state index contributed by atoms with van der Waals surface area (Å²) >= 11 is 0. The summed E-state index contributed by atoms with van der Waals surface area (Å²) in [5, 5.41) is 0. The van der Waals surface area contributed by atoms with Crippen molar-refractivity contribution < 1.29 is 47.7 Å². The van der Waals surface area contributed by atoms with Crippen molar-refractivity contribution in [3.8, 4) is 0 Å². The van der Waals surface area contributed by atoms with Gasteiger partial charge in [0.05, 0.1) is 39.5 Å². The van der Waals surface area contributed by atoms with Crippen molar-refractivity contribution in [3.05, 3.63) is 56.0 Å². The normalized spacial score (nSPS) is 15.4. The van der Waals surface area contributed by atoms with E-state index >= 15 is 0 Å². The first-order valence-corrected chi connectivity index (χ1v) is 34.4. The second-order valence-electron chi connectivity index (χ2n) is 23.5. The number of nitrogens with zero attached hydrogens (tertiary/aromatic N) is 1. The molecule has 0 aromatic rings. The van der Waals surface area contributed by atoms with E-state index in [1.54, 1.807) is 4.90 Å². The summed E-state index contributed by atoms with van der Waals surface area (Å²) in [6.45, 7) is 35.6. The molecule has 504 valence electrons. The number of esters is 3. The fourth-order valence-electron chi connectivity index (χ4n) is 10.3. The molecule has 0 spiro atoms. The van der Waals surface area contributed by atoms with Crippen LogP contribution in [-0.2, 0) is 47.7 Å². The topological polar surface area (TPSA) is 143 Å². The highest BCUT2D eigenvalue weighted by molar-refractivity contribution is 5.92. The minimum absolute atomic E-state index is 0. The zero-order valence-electron chi connectivity index (χ0n) is 56.1. The second-order valence-corrected chi connectivity index (χ2v) is 23.5. The first-order valence-electron chi connectivity index (χ1n) is 34.4. The van der Waals surface area contributed by atoms with Crippen molar-refractivity contribution in [1.29, 1.82) is 0 Å². The molecule has 0 amide bonds. The highest BCUT2D eigenvalue weighted by Gasteiger charge is 2.33. The molecule has 0 aromatic heterocycles. The highest BCUT2D eigenvalue weighted by Crippen LogP contribution is 2.33. The van der Waals surface area contributed by atoms with E-state index in [2.05, 4.69) is 73.6 Å². The van der Waals surface area contributed by atoms with Crippen LogP contribution in [0.4, 0.5) is 0 Å². The Bertz CT molecular complexity index is 1690. The molecule has 0 N–H and O–H groups in total. The van der Waals surface area contributed by atoms with Crippen molar-refractivity contribution in [3.63, 3.8) is 0 Å². The molecule has 11 heteroatoms. The molecular weight excluding hydrogens is 1070 g/mol. The van der Waals surface area contributed by atoms with Crippen LogP contribution in [0.3, 0.4) is 0 Å². The van der Waals surface area contributed by atoms with Gasteiger partial charge in [0.25, 0.3) is 0 Å². The van der Waals surface area contributed by atoms with Gasteiger partial charge in [-0.15, -0.1) is 0 Å². The fraction of sp³-hybridized carbons (Fsp3) is 0.800. The molecule has 0 bridgehead atoms. The summed E-state index contributed by atoms with van der Waals surface area (Å²) in [6.07, 6.45) is 45.9. The smallest absolute Gasteiger partial charge is 0.320 e. The number of ketones is 3. The molecular formula is C75H139NO10. The van der Waals surface area contributed by atoms with E-state index < -0.39 is 0 Å². The van der Waals surface area contributed by atoms with Gasteiger partial charge in [-0.05, 0) is 80.9 Å². The average molecular weight is 1210 g/mol. The number of carbonyl (C=O) groups excluding carboxylic acids is 6. The Morgan fingerprint density at radius 1 is 0.500 bits per heavy atom. The van der Waals surface area contributed by atoms with Gasteiger partial charge >= 0.3 is 17.9 Å². The van der Waals surface area contributed by atoms with Gasteiger partial charge in [-0.3, -0.25) is 33.7 Å². The summed E-state index contributed by atoms with van der Waals surface area (Å²) in [6, 6.07) is 0. The lowest BCUT2D eigenvalue weighted by atomic mass is 9.76. The van der Waals surface area contributed by atoms with Crippen LogP contribution in [0.25, 0.3) is 0 Å². The molecule has 0 saturated heterocycles. The predicted octanol–water partition coefficient (Wildman–Crippen LogP) is 21.0. The molecule has 2 fully saturated rings. The Kier molecular flexibility index (Phi) is 72.1. The largest absolute Gasteiger partial charge is 0.489 e. The average Bonchev–Trinajstić information content (AvgIpc) is 3.93. The number of unbranched alkanes of at least 4 members (excludes halogenated alkanes) is 21. The van der Waals surface area contributed by atoms with Crippen molar-refractivity contribution in [2.45, 2.75) is 327 Å². The van der Waals surface area contributed by atoms with Gasteiger partial charge < -0.3 is 18.9 Å². The maximum absolute atomic E-state index is 12.6. The molecule has 0 heterocycles. The third kappa shape index (κ3) is 58.9. The van der Waals surface area contributed by atoms with Crippen LogP contribution in [0.1, 0.15) is 321 Å². The lowest BCUT2D eigenvalue weighted by molar-refractivity contribution is -0.154. The van der Waals surface area contributed by atoms with Gasteiger partial charge in [-0.25, -0.2) is 0 Å². The predicted molar refractivity (Wildman–Crippen MR) is 366 cm³/mol. The zero-order chi connectivity index (χ0) is 63.3. The molecule has 11 nitrogen and oxygen atoms in total. The SMILES string of the molecule is C.C.C=C=C(CN(CC(=O)C=C)CC(=O)OCCCCCCCC)OCCCCCCCC.C=CC(=O)CC(CCC(=O)OCCCCCCCC)CC(=O)O[C@@H]1CCC(C(=O)C=C)C(C)C1.CC.CC1CCCCCC1.CCCCCCCCC. The van der Waals surface area contributed by atoms with Crippen LogP contribution in [-0.4, -0.2) is 85.7 Å². The van der Waals surface area contributed by atoms with Crippen LogP contribution in [0.2, 0.25) is 0 Å². The number of ether oxygens (including phenoxy) is 4. The van der Waals surface area contributed by atoms with Crippen LogP contribution in [0.5, 0.6) is 0 Å². The third-order valence-corrected chi connectivity index (χ3v) is 15.6. The van der Waals surface area contributed by atoms with E-state index in [0.29, 0.717) is 57.8 Å². The molecule has 2 rings (SSSR count). The molecule has 86 heavy (non-hydrogen) atoms. The number of allylic oxidation sites excluding steroid dienone is 2. The van der Waals surface area contributed by atoms with E-state index in [4.69, 9.17) is 18.9 Å². The van der Waals surface area contributed by atoms with Crippen molar-refractivity contribution in [1.82, 2.24) is 4.90 Å². The number of hydrogen-bond donors (Lipinski definition) is 0. The first-order chi connectivity index (χ1) is 40.7. The molecule has 3 unspecified atom stereocenters. The maximum Gasteiger partial charge on any atom is 0.320 e. The Balaban J connectivity index is -0.000000383. The Hall–Kier alpha value is -4.08. The number of rotatable bonds is 46. The van der Waals surface area contributed by atoms with Gasteiger partial charge in [0.15, 0.2) is 23.1 Å². The van der Waals surface area contributed by atoms with Gasteiger partial charge in [-0.1, -0.05) is 289 Å². The lowest BCUT2D eigenvalue weighted by Gasteiger charge is -2.32. The summed E-state index contributed by atoms with van der Waals surface area (Å²) in [5.74, 6) is 0.0866. The molecule has 0 radical (unpaired) electrons. The lowest BCUT2D eigenvalue weighted by Crippen LogP contribution is -2.36. The van der Waals surface area contributed by atoms with Crippen LogP contribution in [0, 0.1) is 23.7 Å². The van der Waals surface area contributed by atoms with Gasteiger partial charge in [0.1, 0.15) is 6.10 Å². The molecule has 0 aromatic carbocycles. The highest BCUT2D eigenvalue weighted by atomic mass is 16.5. The van der Waals surface area contributed by atoms with Crippen LogP contribution in [0.15, 0.2) is 56.0 Å². The Labute approximate surface area is 532 Å². The molecule has 2 aliphatic carbocycles. The van der Waals surface area contributed by atoms with Crippen LogP contribution >= 0.6 is 0 Å². The number of hydrogen-bond acceptors (Lipinski definition) is 11. The monoisotopic (exact) mass is 1210 g/mol. The van der Waals surface area contributed by atoms with Crippen molar-refractivity contribution >= 4 is 35.3 Å².